The van der Waals surface area contributed by atoms with Gasteiger partial charge in [0.05, 0.1) is 55.4 Å². The van der Waals surface area contributed by atoms with Crippen LogP contribution in [0.15, 0.2) is 48.0 Å². The minimum absolute atomic E-state index is 0.0110. The molecule has 0 spiro atoms. The highest BCUT2D eigenvalue weighted by Crippen LogP contribution is 2.41. The van der Waals surface area contributed by atoms with Crippen LogP contribution in [0.25, 0.3) is 11.3 Å². The molecule has 0 radical (unpaired) electrons. The van der Waals surface area contributed by atoms with E-state index in [2.05, 4.69) is 31.8 Å². The lowest BCUT2D eigenvalue weighted by molar-refractivity contribution is -0.870. The summed E-state index contributed by atoms with van der Waals surface area (Å²) in [7, 11) is 4.40. The quantitative estimate of drug-likeness (QED) is 0.0258. The Hall–Kier alpha value is -5.58. The number of amides is 4. The molecule has 5 rings (SSSR count). The third-order valence-corrected chi connectivity index (χ3v) is 15.9. The number of carbonyl (C=O) groups is 7. The number of allylic oxidation sites excluding steroid dienone is 1. The number of hydrogen-bond acceptors (Lipinski definition) is 13. The monoisotopic (exact) mass is 1170 g/mol. The maximum Gasteiger partial charge on any atom is 0.732 e. The number of nitrogens with one attached hydrogen (secondary N) is 2. The van der Waals surface area contributed by atoms with Gasteiger partial charge in [-0.05, 0) is 80.7 Å². The number of aryl methyl sites for hydroxylation is 1. The number of ketones is 2. The molecule has 3 aliphatic heterocycles. The summed E-state index contributed by atoms with van der Waals surface area (Å²) in [5.74, 6) is -7.99. The van der Waals surface area contributed by atoms with Crippen molar-refractivity contribution in [2.24, 2.45) is 0 Å². The van der Waals surface area contributed by atoms with Crippen LogP contribution in [0.3, 0.4) is 0 Å². The van der Waals surface area contributed by atoms with E-state index in [1.165, 1.54) is 4.48 Å². The second kappa shape index (κ2) is 27.9. The van der Waals surface area contributed by atoms with Crippen molar-refractivity contribution in [1.29, 1.82) is 0 Å². The molecule has 0 saturated carbocycles. The number of halogens is 2. The molecule has 27 heteroatoms. The zero-order valence-electron chi connectivity index (χ0n) is 47.2. The lowest BCUT2D eigenvalue weighted by Crippen LogP contribution is -2.57. The molecule has 4 heterocycles. The van der Waals surface area contributed by atoms with Crippen molar-refractivity contribution in [2.45, 2.75) is 127 Å². The lowest BCUT2D eigenvalue weighted by atomic mass is 9.83. The van der Waals surface area contributed by atoms with E-state index in [-0.39, 0.29) is 44.2 Å². The van der Waals surface area contributed by atoms with E-state index in [1.807, 2.05) is 38.2 Å². The van der Waals surface area contributed by atoms with Gasteiger partial charge in [-0.3, -0.25) is 37.9 Å². The molecule has 4 amide bonds. The van der Waals surface area contributed by atoms with E-state index in [9.17, 15) is 59.5 Å². The van der Waals surface area contributed by atoms with Gasteiger partial charge in [0, 0.05) is 82.4 Å². The Morgan fingerprint density at radius 2 is 1.29 bits per heavy atom. The van der Waals surface area contributed by atoms with Crippen LogP contribution in [-0.2, 0) is 71.5 Å². The highest BCUT2D eigenvalue weighted by atomic mass is 32.2. The summed E-state index contributed by atoms with van der Waals surface area (Å²) in [6, 6.07) is 6.54. The summed E-state index contributed by atoms with van der Waals surface area (Å²) in [5, 5.41) is 5.01. The molecule has 1 fully saturated rings. The van der Waals surface area contributed by atoms with Crippen molar-refractivity contribution in [2.75, 3.05) is 87.0 Å². The molecule has 3 aliphatic rings. The van der Waals surface area contributed by atoms with Gasteiger partial charge in [-0.15, -0.1) is 5.06 Å². The maximum absolute atomic E-state index is 17.7. The van der Waals surface area contributed by atoms with E-state index >= 15 is 8.63 Å². The lowest BCUT2D eigenvalue weighted by Gasteiger charge is -2.37. The third-order valence-electron chi connectivity index (χ3n) is 14.3. The van der Waals surface area contributed by atoms with Gasteiger partial charge in [-0.1, -0.05) is 36.8 Å². The Labute approximate surface area is 468 Å². The number of Topliss-reactive ketones (excluding diaryl/α,β-unsaturated/α-hetero) is 2. The molecule has 1 aromatic heterocycles. The zero-order valence-corrected chi connectivity index (χ0v) is 48.8. The predicted molar refractivity (Wildman–Crippen MR) is 295 cm³/mol. The number of hydroxylamine groups is 2. The summed E-state index contributed by atoms with van der Waals surface area (Å²) in [5.41, 5.74) is 3.41. The molecule has 22 nitrogen and oxygen atoms in total. The predicted octanol–water partition coefficient (Wildman–Crippen LogP) is 3.14. The van der Waals surface area contributed by atoms with Crippen LogP contribution in [0.2, 0.25) is 0 Å². The fourth-order valence-corrected chi connectivity index (χ4v) is 11.8. The molecule has 2 aromatic rings. The number of aromatic nitrogens is 1. The summed E-state index contributed by atoms with van der Waals surface area (Å²) < 4.78 is 107. The van der Waals surface area contributed by atoms with Gasteiger partial charge in [-0.25, -0.2) is 4.79 Å². The molecule has 0 aliphatic carbocycles. The second-order valence-corrected chi connectivity index (χ2v) is 26.3. The molecule has 1 saturated heterocycles. The average molecular weight is 1170 g/mol. The third kappa shape index (κ3) is 20.1. The summed E-state index contributed by atoms with van der Waals surface area (Å²) in [4.78, 5) is 95.6. The van der Waals surface area contributed by atoms with Gasteiger partial charge in [0.1, 0.15) is 35.3 Å². The van der Waals surface area contributed by atoms with Crippen LogP contribution in [0.5, 0.6) is 0 Å². The number of rotatable bonds is 34. The number of unbranched alkanes of at least 4 members (excludes halogenated alkanes) is 2. The zero-order chi connectivity index (χ0) is 59.4. The fourth-order valence-electron chi connectivity index (χ4n) is 10.4. The molecule has 444 valence electrons. The summed E-state index contributed by atoms with van der Waals surface area (Å²) in [6.45, 7) is -2.00. The number of quaternary nitrogens is 2. The Morgan fingerprint density at radius 1 is 0.738 bits per heavy atom. The van der Waals surface area contributed by atoms with Gasteiger partial charge in [0.2, 0.25) is 11.8 Å². The molecule has 3 unspecified atom stereocenters. The van der Waals surface area contributed by atoms with E-state index in [0.717, 1.165) is 35.1 Å². The molecule has 0 bridgehead atoms. The molecule has 80 heavy (non-hydrogen) atoms. The topological polar surface area (TPSA) is 276 Å². The number of imide groups is 1. The number of benzene rings is 1. The van der Waals surface area contributed by atoms with Crippen molar-refractivity contribution >= 4 is 74.1 Å². The molecule has 3 atom stereocenters. The Bertz CT molecular complexity index is 2890. The average Bonchev–Trinajstić information content (AvgIpc) is 4.01. The SMILES string of the molecule is CN(CCCCCC(=O)ON1C(=O)CCC1=O)CCCC(=O)C(CS(=O)(=O)O)NC(=O)CCC(=O)C(CS(=O)(=O)O)NC(=O)CCC1=[N+]2C(Cc3c(CCC[N+](C)(C)C)cc(-c4ccccc4)n3[B-]2(F)F)C(CCC[N+](C)(C)C)=C1. The van der Waals surface area contributed by atoms with Gasteiger partial charge in [0.15, 0.2) is 11.6 Å². The normalized spacial score (nSPS) is 17.3. The van der Waals surface area contributed by atoms with Crippen LogP contribution >= 0.6 is 0 Å². The van der Waals surface area contributed by atoms with Crippen LogP contribution in [0, 0.1) is 0 Å². The largest absolute Gasteiger partial charge is 0.732 e. The maximum atomic E-state index is 17.7. The fraction of sp³-hybridized carbons (Fsp3) is 0.623. The van der Waals surface area contributed by atoms with Crippen LogP contribution in [0.4, 0.5) is 8.63 Å². The molecular weight excluding hydrogens is 1090 g/mol. The summed E-state index contributed by atoms with van der Waals surface area (Å²) >= 11 is 0. The van der Waals surface area contributed by atoms with Gasteiger partial charge < -0.3 is 46.9 Å². The van der Waals surface area contributed by atoms with Crippen molar-refractivity contribution < 1.29 is 86.4 Å². The van der Waals surface area contributed by atoms with Gasteiger partial charge in [-0.2, -0.15) is 16.8 Å². The van der Waals surface area contributed by atoms with Crippen LogP contribution in [-0.4, -0.2) is 213 Å². The van der Waals surface area contributed by atoms with Crippen LogP contribution < -0.4 is 10.6 Å². The van der Waals surface area contributed by atoms with Crippen molar-refractivity contribution in [1.82, 2.24) is 25.1 Å². The Morgan fingerprint density at radius 3 is 1.86 bits per heavy atom. The molecular formula is C53H81BF2N8O14S2+2. The smallest absolute Gasteiger partial charge is 0.393 e. The van der Waals surface area contributed by atoms with Gasteiger partial charge in [0.25, 0.3) is 32.1 Å². The first-order valence-electron chi connectivity index (χ1n) is 27.3. The second-order valence-electron chi connectivity index (χ2n) is 23.3. The number of carbonyl (C=O) groups excluding carboxylic acids is 7. The van der Waals surface area contributed by atoms with Crippen molar-refractivity contribution in [3.63, 3.8) is 0 Å². The minimum Gasteiger partial charge on any atom is -0.393 e. The van der Waals surface area contributed by atoms with E-state index in [4.69, 9.17) is 4.84 Å². The van der Waals surface area contributed by atoms with E-state index in [1.54, 1.807) is 37.4 Å². The first kappa shape index (κ1) is 65.2. The van der Waals surface area contributed by atoms with Crippen molar-refractivity contribution in [3.05, 3.63) is 59.3 Å². The minimum atomic E-state index is -4.93. The number of fused-ring (bicyclic) bond motifs is 2. The van der Waals surface area contributed by atoms with Gasteiger partial charge >= 0.3 is 12.9 Å². The summed E-state index contributed by atoms with van der Waals surface area (Å²) in [6.07, 6.45) is 4.07. The van der Waals surface area contributed by atoms with Crippen molar-refractivity contribution in [3.8, 4) is 11.3 Å². The van der Waals surface area contributed by atoms with E-state index < -0.39 is 117 Å². The standard InChI is InChI=1S/C53H79BF2N8O14S2/c1-59(29-13-9-12-22-53(71)78-62-51(69)27-28-52(62)70)30-14-21-47(65)42(36-79(72,73)74)57-50(68)26-24-48(66)43(37-80(75,76)77)58-49(67)25-23-41-33-39(19-15-31-63(2,3)4)45-35-46-40(20-16-32-64(5,6)7)34-44(38-17-10-8-11-18-38)61(46)54(55,56)60(41)45/h8,10-11,17-18,33-34,42-43,45H,9,12-16,19-32,35-37H2,1-7H3,(H2-2,57,58,67,68,72,73,74,75,76,77)/p+2. The first-order valence-corrected chi connectivity index (χ1v) is 30.5. The molecule has 1 aromatic carbocycles. The number of hydrogen-bond donors (Lipinski definition) is 4. The highest BCUT2D eigenvalue weighted by Gasteiger charge is 2.57. The first-order chi connectivity index (χ1) is 37.2. The number of nitrogens with zero attached hydrogens (tertiary/aromatic N) is 6. The van der Waals surface area contributed by atoms with Crippen LogP contribution in [0.1, 0.15) is 108 Å². The Balaban J connectivity index is 1.21. The van der Waals surface area contributed by atoms with E-state index in [0.29, 0.717) is 89.0 Å². The Kier molecular flexibility index (Phi) is 22.8. The highest BCUT2D eigenvalue weighted by molar-refractivity contribution is 7.86. The molecule has 4 N–H and O–H groups in total.